The molecular weight excluding hydrogens is 503 g/mol. The Balaban J connectivity index is 0.00000228. The Kier molecular flexibility index (Phi) is 10.4. The van der Waals surface area contributed by atoms with Gasteiger partial charge in [-0.1, -0.05) is 12.8 Å². The highest BCUT2D eigenvalue weighted by atomic mass is 35.5. The van der Waals surface area contributed by atoms with Gasteiger partial charge in [-0.2, -0.15) is 0 Å². The number of ether oxygens (including phenoxy) is 2. The molecule has 0 saturated heterocycles. The smallest absolute Gasteiger partial charge is 0.256 e. The van der Waals surface area contributed by atoms with Gasteiger partial charge in [0.2, 0.25) is 11.8 Å². The van der Waals surface area contributed by atoms with E-state index in [4.69, 9.17) is 20.3 Å². The van der Waals surface area contributed by atoms with Gasteiger partial charge in [0.05, 0.1) is 0 Å². The third kappa shape index (κ3) is 5.75. The average Bonchev–Trinajstić information content (AvgIpc) is 3.19. The monoisotopic (exact) mass is 542 g/mol. The first-order chi connectivity index (χ1) is 16.3. The summed E-state index contributed by atoms with van der Waals surface area (Å²) < 4.78 is 11.8. The van der Waals surface area contributed by atoms with Gasteiger partial charge in [0.1, 0.15) is 22.3 Å². The van der Waals surface area contributed by atoms with Crippen molar-refractivity contribution in [2.75, 3.05) is 13.1 Å². The number of hydrogen-bond acceptors (Lipinski definition) is 6. The molecule has 10 heteroatoms. The van der Waals surface area contributed by atoms with Crippen LogP contribution in [0, 0.1) is 10.8 Å². The van der Waals surface area contributed by atoms with Crippen molar-refractivity contribution in [2.45, 2.75) is 102 Å². The Labute approximate surface area is 226 Å². The van der Waals surface area contributed by atoms with Crippen molar-refractivity contribution in [3.8, 4) is 0 Å². The average molecular weight is 544 g/mol. The largest absolute Gasteiger partial charge is 0.466 e. The van der Waals surface area contributed by atoms with Gasteiger partial charge in [-0.25, -0.2) is 0 Å². The molecule has 4 N–H and O–H groups in total. The summed E-state index contributed by atoms with van der Waals surface area (Å²) in [7, 11) is 0. The number of amides is 2. The highest BCUT2D eigenvalue weighted by molar-refractivity contribution is 6.20. The van der Waals surface area contributed by atoms with Gasteiger partial charge in [0, 0.05) is 13.1 Å². The van der Waals surface area contributed by atoms with Crippen LogP contribution >= 0.6 is 24.8 Å². The van der Waals surface area contributed by atoms with Gasteiger partial charge in [-0.05, 0) is 89.2 Å². The lowest BCUT2D eigenvalue weighted by atomic mass is 9.79. The van der Waals surface area contributed by atoms with E-state index in [0.29, 0.717) is 37.1 Å². The maximum Gasteiger partial charge on any atom is 0.256 e. The lowest BCUT2D eigenvalue weighted by Crippen LogP contribution is -2.33. The predicted octanol–water partition coefficient (Wildman–Crippen LogP) is 4.90. The Morgan fingerprint density at radius 1 is 0.694 bits per heavy atom. The zero-order chi connectivity index (χ0) is 24.3. The van der Waals surface area contributed by atoms with Gasteiger partial charge in [0.15, 0.2) is 0 Å². The molecule has 202 valence electrons. The van der Waals surface area contributed by atoms with E-state index < -0.39 is 11.2 Å². The Morgan fingerprint density at radius 2 is 1.03 bits per heavy atom. The van der Waals surface area contributed by atoms with Crippen molar-refractivity contribution in [1.29, 1.82) is 10.8 Å². The van der Waals surface area contributed by atoms with Gasteiger partial charge in [-0.3, -0.25) is 20.4 Å². The van der Waals surface area contributed by atoms with Crippen LogP contribution in [0.5, 0.6) is 0 Å². The molecule has 0 bridgehead atoms. The van der Waals surface area contributed by atoms with Crippen LogP contribution in [0.15, 0.2) is 22.3 Å². The minimum absolute atomic E-state index is 0. The lowest BCUT2D eigenvalue weighted by Gasteiger charge is -2.33. The SMILES string of the molecule is CC1=C(C(=O)NCCCCNC(=O)C2=C(C)C3(CCCCC3)OC2=N)C(=N)OC12CCCCC2.Cl.Cl. The molecule has 2 amide bonds. The molecule has 36 heavy (non-hydrogen) atoms. The second kappa shape index (κ2) is 12.5. The molecule has 8 nitrogen and oxygen atoms in total. The summed E-state index contributed by atoms with van der Waals surface area (Å²) in [6.45, 7) is 4.79. The van der Waals surface area contributed by atoms with Gasteiger partial charge in [0.25, 0.3) is 11.8 Å². The topological polar surface area (TPSA) is 124 Å². The molecule has 0 unspecified atom stereocenters. The summed E-state index contributed by atoms with van der Waals surface area (Å²) in [4.78, 5) is 25.4. The second-order valence-electron chi connectivity index (χ2n) is 10.2. The van der Waals surface area contributed by atoms with Crippen LogP contribution in [0.3, 0.4) is 0 Å². The molecule has 2 spiro atoms. The maximum atomic E-state index is 12.7. The van der Waals surface area contributed by atoms with Crippen LogP contribution in [0.2, 0.25) is 0 Å². The number of carbonyl (C=O) groups is 2. The molecule has 2 aliphatic carbocycles. The number of carbonyl (C=O) groups excluding carboxylic acids is 2. The van der Waals surface area contributed by atoms with Crippen LogP contribution in [-0.4, -0.2) is 47.9 Å². The van der Waals surface area contributed by atoms with E-state index in [1.165, 1.54) is 12.8 Å². The first-order valence-electron chi connectivity index (χ1n) is 12.8. The molecule has 4 aliphatic rings. The third-order valence-electron chi connectivity index (χ3n) is 8.12. The molecule has 0 aromatic rings. The van der Waals surface area contributed by atoms with Crippen molar-refractivity contribution in [2.24, 2.45) is 0 Å². The summed E-state index contributed by atoms with van der Waals surface area (Å²) >= 11 is 0. The van der Waals surface area contributed by atoms with Crippen LogP contribution in [0.25, 0.3) is 0 Å². The summed E-state index contributed by atoms with van der Waals surface area (Å²) in [6, 6.07) is 0. The molecular formula is C26H40Cl2N4O4. The van der Waals surface area contributed by atoms with Gasteiger partial charge in [-0.15, -0.1) is 24.8 Å². The van der Waals surface area contributed by atoms with Crippen molar-refractivity contribution >= 4 is 48.4 Å². The highest BCUT2D eigenvalue weighted by Gasteiger charge is 2.47. The molecule has 0 atom stereocenters. The Hall–Kier alpha value is -2.06. The van der Waals surface area contributed by atoms with Gasteiger partial charge >= 0.3 is 0 Å². The number of rotatable bonds is 7. The summed E-state index contributed by atoms with van der Waals surface area (Å²) in [5.41, 5.74) is 1.65. The molecule has 2 heterocycles. The fourth-order valence-corrected chi connectivity index (χ4v) is 6.02. The predicted molar refractivity (Wildman–Crippen MR) is 144 cm³/mol. The fraction of sp³-hybridized carbons (Fsp3) is 0.692. The zero-order valence-electron chi connectivity index (χ0n) is 21.3. The number of nitrogens with one attached hydrogen (secondary N) is 4. The summed E-state index contributed by atoms with van der Waals surface area (Å²) in [5, 5.41) is 22.2. The van der Waals surface area contributed by atoms with Crippen molar-refractivity contribution < 1.29 is 19.1 Å². The van der Waals surface area contributed by atoms with E-state index in [1.807, 2.05) is 13.8 Å². The zero-order valence-corrected chi connectivity index (χ0v) is 23.0. The van der Waals surface area contributed by atoms with Crippen LogP contribution in [0.1, 0.15) is 90.9 Å². The van der Waals surface area contributed by atoms with E-state index in [1.54, 1.807) is 0 Å². The summed E-state index contributed by atoms with van der Waals surface area (Å²) in [6.07, 6.45) is 11.5. The highest BCUT2D eigenvalue weighted by Crippen LogP contribution is 2.44. The maximum absolute atomic E-state index is 12.7. The van der Waals surface area contributed by atoms with Crippen LogP contribution < -0.4 is 10.6 Å². The number of halogens is 2. The number of unbranched alkanes of at least 4 members (excludes halogenated alkanes) is 1. The minimum atomic E-state index is -0.451. The van der Waals surface area contributed by atoms with E-state index >= 15 is 0 Å². The van der Waals surface area contributed by atoms with Crippen LogP contribution in [-0.2, 0) is 19.1 Å². The van der Waals surface area contributed by atoms with Crippen molar-refractivity contribution in [3.05, 3.63) is 22.3 Å². The van der Waals surface area contributed by atoms with E-state index in [0.717, 1.165) is 62.5 Å². The molecule has 4 rings (SSSR count). The summed E-state index contributed by atoms with van der Waals surface area (Å²) in [5.74, 6) is -0.511. The molecule has 2 aliphatic heterocycles. The molecule has 0 aromatic heterocycles. The molecule has 0 radical (unpaired) electrons. The van der Waals surface area contributed by atoms with E-state index in [9.17, 15) is 9.59 Å². The van der Waals surface area contributed by atoms with Crippen molar-refractivity contribution in [3.63, 3.8) is 0 Å². The lowest BCUT2D eigenvalue weighted by molar-refractivity contribution is -0.118. The molecule has 2 saturated carbocycles. The Morgan fingerprint density at radius 3 is 1.36 bits per heavy atom. The first-order valence-corrected chi connectivity index (χ1v) is 12.8. The number of hydrogen-bond donors (Lipinski definition) is 4. The first kappa shape index (κ1) is 30.2. The van der Waals surface area contributed by atoms with E-state index in [2.05, 4.69) is 10.6 Å². The van der Waals surface area contributed by atoms with Crippen molar-refractivity contribution in [1.82, 2.24) is 10.6 Å². The second-order valence-corrected chi connectivity index (χ2v) is 10.2. The molecule has 2 fully saturated rings. The third-order valence-corrected chi connectivity index (χ3v) is 8.12. The van der Waals surface area contributed by atoms with E-state index in [-0.39, 0.29) is 48.4 Å². The standard InChI is InChI=1S/C26H38N4O4.2ClH/c1-17-19(21(27)33-25(17)11-5-3-6-12-25)23(31)29-15-9-10-16-30-24(32)20-18(2)26(34-22(20)28)13-7-4-8-14-26;;/h27-28H,3-16H2,1-2H3,(H,29,31)(H,30,32);2*1H. The Bertz CT molecular complexity index is 872. The minimum Gasteiger partial charge on any atom is -0.466 e. The fourth-order valence-electron chi connectivity index (χ4n) is 6.02. The quantitative estimate of drug-likeness (QED) is 0.341. The van der Waals surface area contributed by atoms with Gasteiger partial charge < -0.3 is 20.1 Å². The van der Waals surface area contributed by atoms with Crippen LogP contribution in [0.4, 0.5) is 0 Å². The molecule has 0 aromatic carbocycles. The normalized spacial score (nSPS) is 22.1.